The fourth-order valence-corrected chi connectivity index (χ4v) is 3.67. The van der Waals surface area contributed by atoms with Gasteiger partial charge in [-0.05, 0) is 49.4 Å². The van der Waals surface area contributed by atoms with Crippen LogP contribution in [-0.4, -0.2) is 40.5 Å². The van der Waals surface area contributed by atoms with Gasteiger partial charge in [-0.15, -0.1) is 0 Å². The second-order valence-electron chi connectivity index (χ2n) is 6.70. The van der Waals surface area contributed by atoms with E-state index >= 15 is 0 Å². The Labute approximate surface area is 145 Å². The van der Waals surface area contributed by atoms with Crippen LogP contribution in [0.1, 0.15) is 45.5 Å². The lowest BCUT2D eigenvalue weighted by Crippen LogP contribution is -2.42. The van der Waals surface area contributed by atoms with Crippen molar-refractivity contribution in [2.75, 3.05) is 19.7 Å². The third-order valence-electron chi connectivity index (χ3n) is 4.91. The van der Waals surface area contributed by atoms with Crippen LogP contribution in [0.3, 0.4) is 0 Å². The van der Waals surface area contributed by atoms with Crippen molar-refractivity contribution in [2.45, 2.75) is 32.3 Å². The largest absolute Gasteiger partial charge is 0.368 e. The maximum atomic E-state index is 12.9. The molecule has 1 amide bonds. The molecule has 1 unspecified atom stereocenters. The van der Waals surface area contributed by atoms with E-state index in [1.54, 1.807) is 11.8 Å². The van der Waals surface area contributed by atoms with Gasteiger partial charge >= 0.3 is 0 Å². The van der Waals surface area contributed by atoms with Crippen LogP contribution in [0.2, 0.25) is 0 Å². The van der Waals surface area contributed by atoms with Gasteiger partial charge in [-0.1, -0.05) is 6.07 Å². The topological polar surface area (TPSA) is 75.3 Å². The summed E-state index contributed by atoms with van der Waals surface area (Å²) in [4.78, 5) is 33.3. The smallest absolute Gasteiger partial charge is 0.254 e. The van der Waals surface area contributed by atoms with Gasteiger partial charge < -0.3 is 14.6 Å². The van der Waals surface area contributed by atoms with Crippen LogP contribution in [0.25, 0.3) is 0 Å². The molecule has 25 heavy (non-hydrogen) atoms. The van der Waals surface area contributed by atoms with Crippen molar-refractivity contribution < 1.29 is 9.53 Å². The number of nitrogens with one attached hydrogen (secondary N) is 1. The van der Waals surface area contributed by atoms with Gasteiger partial charge in [0, 0.05) is 18.2 Å². The molecular formula is C19H21N3O3. The van der Waals surface area contributed by atoms with Gasteiger partial charge in [-0.25, -0.2) is 4.98 Å². The number of benzene rings is 1. The molecule has 130 valence electrons. The zero-order chi connectivity index (χ0) is 17.4. The van der Waals surface area contributed by atoms with Crippen LogP contribution in [0.15, 0.2) is 29.1 Å². The number of aromatic amines is 1. The first-order valence-electron chi connectivity index (χ1n) is 8.71. The average Bonchev–Trinajstić information content (AvgIpc) is 3.08. The Morgan fingerprint density at radius 3 is 2.96 bits per heavy atom. The molecule has 0 spiro atoms. The molecule has 1 atom stereocenters. The molecule has 6 nitrogen and oxygen atoms in total. The number of amides is 1. The van der Waals surface area contributed by atoms with Gasteiger partial charge in [0.15, 0.2) is 0 Å². The molecule has 1 N–H and O–H groups in total. The first-order chi connectivity index (χ1) is 12.1. The molecule has 0 radical (unpaired) electrons. The monoisotopic (exact) mass is 339 g/mol. The summed E-state index contributed by atoms with van der Waals surface area (Å²) in [6.45, 7) is 3.14. The summed E-state index contributed by atoms with van der Waals surface area (Å²) >= 11 is 0. The number of hydrogen-bond acceptors (Lipinski definition) is 4. The average molecular weight is 339 g/mol. The standard InChI is InChI=1S/C19H21N3O3/c1-12-20-16(10-18(23)21-12)17-11-22(7-8-25-17)19(24)15-6-5-13-3-2-4-14(13)9-15/h5-6,9-10,17H,2-4,7-8,11H2,1H3,(H,20,21,23). The maximum absolute atomic E-state index is 12.9. The molecule has 1 aromatic heterocycles. The van der Waals surface area contributed by atoms with Crippen molar-refractivity contribution in [1.29, 1.82) is 0 Å². The minimum Gasteiger partial charge on any atom is -0.368 e. The predicted molar refractivity (Wildman–Crippen MR) is 92.7 cm³/mol. The Hall–Kier alpha value is -2.47. The molecule has 1 saturated heterocycles. The number of ether oxygens (including phenoxy) is 1. The zero-order valence-corrected chi connectivity index (χ0v) is 14.2. The number of fused-ring (bicyclic) bond motifs is 1. The fraction of sp³-hybridized carbons (Fsp3) is 0.421. The number of aromatic nitrogens is 2. The molecule has 1 aliphatic heterocycles. The molecule has 6 heteroatoms. The lowest BCUT2D eigenvalue weighted by Gasteiger charge is -2.32. The third-order valence-corrected chi connectivity index (χ3v) is 4.91. The summed E-state index contributed by atoms with van der Waals surface area (Å²) in [6, 6.07) is 7.48. The van der Waals surface area contributed by atoms with Gasteiger partial charge in [0.2, 0.25) is 0 Å². The van der Waals surface area contributed by atoms with E-state index in [1.165, 1.54) is 23.6 Å². The van der Waals surface area contributed by atoms with Crippen molar-refractivity contribution in [3.63, 3.8) is 0 Å². The van der Waals surface area contributed by atoms with Crippen LogP contribution < -0.4 is 5.56 Å². The Kier molecular flexibility index (Phi) is 4.13. The second-order valence-corrected chi connectivity index (χ2v) is 6.70. The summed E-state index contributed by atoms with van der Waals surface area (Å²) < 4.78 is 5.76. The number of carbonyl (C=O) groups is 1. The van der Waals surface area contributed by atoms with E-state index in [-0.39, 0.29) is 17.6 Å². The van der Waals surface area contributed by atoms with Crippen LogP contribution >= 0.6 is 0 Å². The Bertz CT molecular complexity index is 874. The number of aryl methyl sites for hydroxylation is 3. The highest BCUT2D eigenvalue weighted by atomic mass is 16.5. The van der Waals surface area contributed by atoms with Crippen LogP contribution in [-0.2, 0) is 17.6 Å². The molecule has 0 bridgehead atoms. The molecule has 0 saturated carbocycles. The Morgan fingerprint density at radius 1 is 1.28 bits per heavy atom. The van der Waals surface area contributed by atoms with E-state index in [4.69, 9.17) is 4.74 Å². The number of H-pyrrole nitrogens is 1. The molecule has 1 fully saturated rings. The van der Waals surface area contributed by atoms with E-state index in [9.17, 15) is 9.59 Å². The first kappa shape index (κ1) is 16.0. The Morgan fingerprint density at radius 2 is 2.12 bits per heavy atom. The first-order valence-corrected chi connectivity index (χ1v) is 8.71. The summed E-state index contributed by atoms with van der Waals surface area (Å²) in [5.74, 6) is 0.567. The van der Waals surface area contributed by atoms with Crippen molar-refractivity contribution in [3.05, 3.63) is 62.8 Å². The molecule has 2 aromatic rings. The van der Waals surface area contributed by atoms with E-state index < -0.39 is 0 Å². The number of carbonyl (C=O) groups excluding carboxylic acids is 1. The fourth-order valence-electron chi connectivity index (χ4n) is 3.67. The highest BCUT2D eigenvalue weighted by Gasteiger charge is 2.28. The summed E-state index contributed by atoms with van der Waals surface area (Å²) in [6.07, 6.45) is 2.96. The molecular weight excluding hydrogens is 318 g/mol. The minimum absolute atomic E-state index is 0.0181. The number of rotatable bonds is 2. The van der Waals surface area contributed by atoms with E-state index in [1.807, 2.05) is 12.1 Å². The Balaban J connectivity index is 1.54. The maximum Gasteiger partial charge on any atom is 0.254 e. The minimum atomic E-state index is -0.367. The summed E-state index contributed by atoms with van der Waals surface area (Å²) in [7, 11) is 0. The van der Waals surface area contributed by atoms with Gasteiger partial charge in [0.25, 0.3) is 11.5 Å². The van der Waals surface area contributed by atoms with Gasteiger partial charge in [-0.3, -0.25) is 9.59 Å². The quantitative estimate of drug-likeness (QED) is 0.905. The molecule has 1 aromatic carbocycles. The molecule has 1 aliphatic carbocycles. The number of hydrogen-bond donors (Lipinski definition) is 1. The van der Waals surface area contributed by atoms with Gasteiger partial charge in [0.05, 0.1) is 18.8 Å². The van der Waals surface area contributed by atoms with Crippen LogP contribution in [0, 0.1) is 6.92 Å². The highest BCUT2D eigenvalue weighted by molar-refractivity contribution is 5.94. The second kappa shape index (κ2) is 6.44. The number of morpholine rings is 1. The van der Waals surface area contributed by atoms with Crippen molar-refractivity contribution in [1.82, 2.24) is 14.9 Å². The molecule has 4 rings (SSSR count). The number of nitrogens with zero attached hydrogens (tertiary/aromatic N) is 2. The van der Waals surface area contributed by atoms with Gasteiger partial charge in [-0.2, -0.15) is 0 Å². The van der Waals surface area contributed by atoms with Gasteiger partial charge in [0.1, 0.15) is 11.9 Å². The summed E-state index contributed by atoms with van der Waals surface area (Å²) in [5.41, 5.74) is 3.76. The molecule has 2 aliphatic rings. The SMILES string of the molecule is Cc1nc(C2CN(C(=O)c3ccc4c(c3)CCC4)CCO2)cc(=O)[nH]1. The van der Waals surface area contributed by atoms with Crippen molar-refractivity contribution in [3.8, 4) is 0 Å². The van der Waals surface area contributed by atoms with E-state index in [0.717, 1.165) is 18.4 Å². The third kappa shape index (κ3) is 3.22. The van der Waals surface area contributed by atoms with Crippen molar-refractivity contribution >= 4 is 5.91 Å². The van der Waals surface area contributed by atoms with Crippen LogP contribution in [0.4, 0.5) is 0 Å². The predicted octanol–water partition coefficient (Wildman–Crippen LogP) is 1.78. The normalized spacial score (nSPS) is 19.7. The lowest BCUT2D eigenvalue weighted by atomic mass is 10.0. The van der Waals surface area contributed by atoms with E-state index in [0.29, 0.717) is 31.2 Å². The summed E-state index contributed by atoms with van der Waals surface area (Å²) in [5, 5.41) is 0. The zero-order valence-electron chi connectivity index (χ0n) is 14.2. The van der Waals surface area contributed by atoms with Crippen molar-refractivity contribution in [2.24, 2.45) is 0 Å². The lowest BCUT2D eigenvalue weighted by molar-refractivity contribution is -0.0249. The van der Waals surface area contributed by atoms with E-state index in [2.05, 4.69) is 16.0 Å². The molecule has 2 heterocycles. The van der Waals surface area contributed by atoms with Crippen LogP contribution in [0.5, 0.6) is 0 Å². The highest BCUT2D eigenvalue weighted by Crippen LogP contribution is 2.25.